The summed E-state index contributed by atoms with van der Waals surface area (Å²) in [6.07, 6.45) is 10.8. The van der Waals surface area contributed by atoms with E-state index in [1.807, 2.05) is 24.3 Å². The third-order valence-electron chi connectivity index (χ3n) is 3.59. The fraction of sp³-hybridized carbons (Fsp3) is 0.462. The highest BCUT2D eigenvalue weighted by Crippen LogP contribution is 2.52. The maximum atomic E-state index is 12.7. The molecule has 0 spiro atoms. The minimum atomic E-state index is -0.778. The second-order valence-corrected chi connectivity index (χ2v) is 4.63. The Morgan fingerprint density at radius 1 is 1.47 bits per heavy atom. The van der Waals surface area contributed by atoms with Crippen LogP contribution in [-0.4, -0.2) is 17.8 Å². The summed E-state index contributed by atoms with van der Waals surface area (Å²) < 4.78 is 12.7. The van der Waals surface area contributed by atoms with Crippen LogP contribution in [0.2, 0.25) is 0 Å². The number of carboxylic acids is 1. The van der Waals surface area contributed by atoms with Gasteiger partial charge in [0, 0.05) is 17.3 Å². The van der Waals surface area contributed by atoms with Crippen molar-refractivity contribution in [3.8, 4) is 0 Å². The van der Waals surface area contributed by atoms with Gasteiger partial charge in [-0.15, -0.1) is 0 Å². The highest BCUT2D eigenvalue weighted by molar-refractivity contribution is 5.71. The predicted molar refractivity (Wildman–Crippen MR) is 62.9 cm³/mol. The molecule has 0 aromatic rings. The first kappa shape index (κ1) is 11.9. The normalized spacial score (nSPS) is 31.1. The van der Waals surface area contributed by atoms with Crippen molar-refractivity contribution in [1.29, 1.82) is 0 Å². The van der Waals surface area contributed by atoms with Crippen LogP contribution in [0.25, 0.3) is 0 Å². The highest BCUT2D eigenvalue weighted by atomic mass is 19.1. The van der Waals surface area contributed by atoms with Gasteiger partial charge in [-0.25, -0.2) is 0 Å². The summed E-state index contributed by atoms with van der Waals surface area (Å²) in [5, 5.41) is 12.1. The molecule has 2 aliphatic rings. The maximum Gasteiger partial charge on any atom is 0.306 e. The van der Waals surface area contributed by atoms with Gasteiger partial charge in [0.05, 0.1) is 12.6 Å². The van der Waals surface area contributed by atoms with Crippen molar-refractivity contribution in [3.05, 3.63) is 36.2 Å². The summed E-state index contributed by atoms with van der Waals surface area (Å²) in [4.78, 5) is 10.9. The first-order valence-electron chi connectivity index (χ1n) is 5.77. The van der Waals surface area contributed by atoms with Gasteiger partial charge in [0.2, 0.25) is 0 Å². The molecular formula is C13H16FNO2. The summed E-state index contributed by atoms with van der Waals surface area (Å²) >= 11 is 0. The molecule has 3 nitrogen and oxygen atoms in total. The molecular weight excluding hydrogens is 221 g/mol. The van der Waals surface area contributed by atoms with Gasteiger partial charge in [-0.05, 0) is 31.4 Å². The molecule has 0 bridgehead atoms. The molecule has 1 saturated carbocycles. The summed E-state index contributed by atoms with van der Waals surface area (Å²) in [6, 6.07) is 0. The van der Waals surface area contributed by atoms with E-state index in [-0.39, 0.29) is 11.3 Å². The second-order valence-electron chi connectivity index (χ2n) is 4.63. The molecule has 4 heteroatoms. The van der Waals surface area contributed by atoms with Gasteiger partial charge in [-0.3, -0.25) is 9.18 Å². The third kappa shape index (κ3) is 2.25. The first-order chi connectivity index (χ1) is 8.18. The van der Waals surface area contributed by atoms with E-state index >= 15 is 0 Å². The average Bonchev–Trinajstić information content (AvgIpc) is 2.51. The molecule has 0 unspecified atom stereocenters. The van der Waals surface area contributed by atoms with E-state index in [0.717, 1.165) is 5.70 Å². The van der Waals surface area contributed by atoms with Gasteiger partial charge in [0.25, 0.3) is 0 Å². The molecule has 2 rings (SSSR count). The van der Waals surface area contributed by atoms with Crippen molar-refractivity contribution in [2.24, 2.45) is 11.3 Å². The molecule has 0 atom stereocenters. The zero-order valence-electron chi connectivity index (χ0n) is 9.53. The molecule has 0 aromatic carbocycles. The zero-order valence-corrected chi connectivity index (χ0v) is 9.53. The van der Waals surface area contributed by atoms with Crippen molar-refractivity contribution in [3.63, 3.8) is 0 Å². The van der Waals surface area contributed by atoms with Gasteiger partial charge in [0.1, 0.15) is 0 Å². The molecule has 0 radical (unpaired) electrons. The van der Waals surface area contributed by atoms with Crippen LogP contribution in [-0.2, 0) is 4.79 Å². The van der Waals surface area contributed by atoms with E-state index < -0.39 is 12.6 Å². The van der Waals surface area contributed by atoms with Crippen molar-refractivity contribution < 1.29 is 14.3 Å². The summed E-state index contributed by atoms with van der Waals surface area (Å²) in [7, 11) is 0. The smallest absolute Gasteiger partial charge is 0.306 e. The van der Waals surface area contributed by atoms with Crippen LogP contribution in [0.1, 0.15) is 19.3 Å². The molecule has 1 fully saturated rings. The van der Waals surface area contributed by atoms with Gasteiger partial charge < -0.3 is 10.4 Å². The first-order valence-corrected chi connectivity index (χ1v) is 5.77. The minimum Gasteiger partial charge on any atom is -0.481 e. The zero-order chi connectivity index (χ0) is 12.3. The van der Waals surface area contributed by atoms with Crippen molar-refractivity contribution >= 4 is 5.97 Å². The van der Waals surface area contributed by atoms with Gasteiger partial charge in [-0.1, -0.05) is 12.2 Å². The van der Waals surface area contributed by atoms with Crippen LogP contribution in [0.3, 0.4) is 0 Å². The Bertz CT molecular complexity index is 392. The van der Waals surface area contributed by atoms with Crippen LogP contribution in [0.4, 0.5) is 4.39 Å². The quantitative estimate of drug-likeness (QED) is 0.789. The Morgan fingerprint density at radius 2 is 2.24 bits per heavy atom. The van der Waals surface area contributed by atoms with Crippen LogP contribution in [0.15, 0.2) is 36.2 Å². The molecule has 92 valence electrons. The molecule has 0 amide bonds. The number of carboxylic acid groups (broad SMARTS) is 1. The van der Waals surface area contributed by atoms with Gasteiger partial charge in [0.15, 0.2) is 0 Å². The monoisotopic (exact) mass is 237 g/mol. The number of allylic oxidation sites excluding steroid dienone is 5. The SMILES string of the molecule is O=C(O)C1CC(CCF)(C2=CC=CC=CN2)C1. The standard InChI is InChI=1S/C13H16FNO2/c14-6-5-13(8-10(9-13)12(16)17)11-4-2-1-3-7-15-11/h1-4,7,10,15H,5-6,8-9H2,(H,16,17). The summed E-state index contributed by atoms with van der Waals surface area (Å²) in [5.41, 5.74) is 0.606. The topological polar surface area (TPSA) is 49.3 Å². The van der Waals surface area contributed by atoms with E-state index in [0.29, 0.717) is 19.3 Å². The Balaban J connectivity index is 2.14. The Labute approximate surface area is 99.7 Å². The Hall–Kier alpha value is -1.58. The Morgan fingerprint density at radius 3 is 2.88 bits per heavy atom. The molecule has 1 aliphatic carbocycles. The minimum absolute atomic E-state index is 0.323. The number of carbonyl (C=O) groups is 1. The lowest BCUT2D eigenvalue weighted by Gasteiger charge is -2.47. The lowest BCUT2D eigenvalue weighted by Crippen LogP contribution is -2.45. The second kappa shape index (κ2) is 4.73. The van der Waals surface area contributed by atoms with E-state index in [1.54, 1.807) is 6.20 Å². The molecule has 1 heterocycles. The number of rotatable bonds is 4. The summed E-state index contributed by atoms with van der Waals surface area (Å²) in [5.74, 6) is -1.11. The lowest BCUT2D eigenvalue weighted by molar-refractivity contribution is -0.149. The molecule has 17 heavy (non-hydrogen) atoms. The number of alkyl halides is 1. The van der Waals surface area contributed by atoms with Crippen molar-refractivity contribution in [2.75, 3.05) is 6.67 Å². The number of nitrogens with one attached hydrogen (secondary N) is 1. The molecule has 2 N–H and O–H groups in total. The lowest BCUT2D eigenvalue weighted by atomic mass is 9.58. The molecule has 1 aliphatic heterocycles. The van der Waals surface area contributed by atoms with E-state index in [9.17, 15) is 9.18 Å². The van der Waals surface area contributed by atoms with Crippen LogP contribution < -0.4 is 5.32 Å². The summed E-state index contributed by atoms with van der Waals surface area (Å²) in [6.45, 7) is -0.418. The molecule has 0 saturated heterocycles. The van der Waals surface area contributed by atoms with Crippen LogP contribution in [0, 0.1) is 11.3 Å². The van der Waals surface area contributed by atoms with Crippen LogP contribution >= 0.6 is 0 Å². The highest BCUT2D eigenvalue weighted by Gasteiger charge is 2.49. The number of hydrogen-bond donors (Lipinski definition) is 2. The van der Waals surface area contributed by atoms with Crippen molar-refractivity contribution in [1.82, 2.24) is 5.32 Å². The van der Waals surface area contributed by atoms with E-state index in [4.69, 9.17) is 5.11 Å². The molecule has 0 aromatic heterocycles. The number of hydrogen-bond acceptors (Lipinski definition) is 2. The van der Waals surface area contributed by atoms with Crippen LogP contribution in [0.5, 0.6) is 0 Å². The van der Waals surface area contributed by atoms with E-state index in [1.165, 1.54) is 0 Å². The fourth-order valence-corrected chi connectivity index (χ4v) is 2.59. The number of aliphatic carboxylic acids is 1. The average molecular weight is 237 g/mol. The maximum absolute atomic E-state index is 12.7. The Kier molecular flexibility index (Phi) is 3.31. The van der Waals surface area contributed by atoms with Gasteiger partial charge >= 0.3 is 5.97 Å². The van der Waals surface area contributed by atoms with E-state index in [2.05, 4.69) is 5.32 Å². The third-order valence-corrected chi connectivity index (χ3v) is 3.59. The van der Waals surface area contributed by atoms with Gasteiger partial charge in [-0.2, -0.15) is 0 Å². The van der Waals surface area contributed by atoms with Crippen molar-refractivity contribution in [2.45, 2.75) is 19.3 Å². The largest absolute Gasteiger partial charge is 0.481 e. The predicted octanol–water partition coefficient (Wildman–Crippen LogP) is 2.38. The number of halogens is 1. The fourth-order valence-electron chi connectivity index (χ4n) is 2.59.